The lowest BCUT2D eigenvalue weighted by atomic mass is 9.84. The topological polar surface area (TPSA) is 75.4 Å². The molecule has 7 heteroatoms. The molecule has 1 fully saturated rings. The molecular weight excluding hydrogens is 314 g/mol. The first-order chi connectivity index (χ1) is 11.0. The Labute approximate surface area is 135 Å². The van der Waals surface area contributed by atoms with Crippen LogP contribution >= 0.6 is 0 Å². The summed E-state index contributed by atoms with van der Waals surface area (Å²) in [6, 6.07) is 8.18. The van der Waals surface area contributed by atoms with Crippen LogP contribution in [0.4, 0.5) is 0 Å². The molecule has 3 atom stereocenters. The highest BCUT2D eigenvalue weighted by Crippen LogP contribution is 2.45. The molecule has 4 rings (SSSR count). The van der Waals surface area contributed by atoms with Crippen molar-refractivity contribution in [3.63, 3.8) is 0 Å². The largest absolute Gasteiger partial charge is 0.391 e. The number of sulfonamides is 1. The number of aliphatic hydroxyl groups is 1. The van der Waals surface area contributed by atoms with Crippen LogP contribution in [0.25, 0.3) is 11.3 Å². The van der Waals surface area contributed by atoms with Gasteiger partial charge in [-0.15, -0.1) is 0 Å². The van der Waals surface area contributed by atoms with E-state index in [4.69, 9.17) is 0 Å². The first kappa shape index (κ1) is 14.9. The number of rotatable bonds is 2. The predicted octanol–water partition coefficient (Wildman–Crippen LogP) is 1.10. The zero-order valence-electron chi connectivity index (χ0n) is 12.8. The normalized spacial score (nSPS) is 27.7. The summed E-state index contributed by atoms with van der Waals surface area (Å²) in [4.78, 5) is 4.24. The van der Waals surface area contributed by atoms with E-state index in [2.05, 4.69) is 21.7 Å². The third-order valence-corrected chi connectivity index (χ3v) is 6.26. The van der Waals surface area contributed by atoms with Crippen LogP contribution in [-0.4, -0.2) is 52.8 Å². The van der Waals surface area contributed by atoms with Gasteiger partial charge >= 0.3 is 0 Å². The van der Waals surface area contributed by atoms with E-state index >= 15 is 0 Å². The first-order valence-corrected chi connectivity index (χ1v) is 9.56. The molecule has 0 aliphatic carbocycles. The molecule has 0 radical (unpaired) electrons. The number of benzene rings is 1. The Kier molecular flexibility index (Phi) is 3.33. The summed E-state index contributed by atoms with van der Waals surface area (Å²) in [7, 11) is -3.26. The maximum Gasteiger partial charge on any atom is 0.211 e. The van der Waals surface area contributed by atoms with Crippen LogP contribution in [0.5, 0.6) is 0 Å². The highest BCUT2D eigenvalue weighted by Gasteiger charge is 2.41. The molecule has 0 spiro atoms. The highest BCUT2D eigenvalue weighted by atomic mass is 32.2. The Hall–Kier alpha value is -1.70. The molecule has 0 saturated carbocycles. The second kappa shape index (κ2) is 5.15. The maximum atomic E-state index is 11.7. The quantitative estimate of drug-likeness (QED) is 0.893. The van der Waals surface area contributed by atoms with Crippen molar-refractivity contribution in [2.75, 3.05) is 19.3 Å². The monoisotopic (exact) mass is 333 g/mol. The van der Waals surface area contributed by atoms with E-state index in [1.54, 1.807) is 6.33 Å². The molecule has 2 unspecified atom stereocenters. The van der Waals surface area contributed by atoms with Gasteiger partial charge < -0.3 is 9.67 Å². The highest BCUT2D eigenvalue weighted by molar-refractivity contribution is 7.88. The molecule has 2 aromatic rings. The number of β-amino-alcohol motifs (C(OH)–C–C–N with tert-alkyl or cyclic N) is 1. The zero-order valence-corrected chi connectivity index (χ0v) is 13.6. The summed E-state index contributed by atoms with van der Waals surface area (Å²) in [5, 5.41) is 10.6. The van der Waals surface area contributed by atoms with Crippen molar-refractivity contribution in [1.29, 1.82) is 0 Å². The average Bonchev–Trinajstić information content (AvgIpc) is 3.07. The Morgan fingerprint density at radius 1 is 1.30 bits per heavy atom. The van der Waals surface area contributed by atoms with E-state index < -0.39 is 16.1 Å². The second-order valence-electron chi connectivity index (χ2n) is 6.36. The molecule has 2 aliphatic heterocycles. The summed E-state index contributed by atoms with van der Waals surface area (Å²) in [6.07, 6.45) is 4.78. The molecule has 0 bridgehead atoms. The van der Waals surface area contributed by atoms with Gasteiger partial charge in [-0.3, -0.25) is 0 Å². The van der Waals surface area contributed by atoms with Crippen molar-refractivity contribution in [1.82, 2.24) is 13.9 Å². The molecule has 1 aromatic carbocycles. The summed E-state index contributed by atoms with van der Waals surface area (Å²) in [6.45, 7) is 0.607. The second-order valence-corrected chi connectivity index (χ2v) is 8.34. The fourth-order valence-corrected chi connectivity index (χ4v) is 4.76. The minimum absolute atomic E-state index is 0.0143. The molecular formula is C16H19N3O3S. The minimum atomic E-state index is -3.26. The predicted molar refractivity (Wildman–Crippen MR) is 86.3 cm³/mol. The van der Waals surface area contributed by atoms with Crippen molar-refractivity contribution in [2.45, 2.75) is 18.6 Å². The standard InChI is InChI=1S/C16H19N3O3S/c1-23(21,22)18-7-6-13(15(20)9-18)16-12-5-3-2-4-11(12)14-8-17-10-19(14)16/h2-5,8,10,13,15-16,20H,6-7,9H2,1H3/t13?,15?,16-/m1/s1. The maximum absolute atomic E-state index is 11.7. The number of fused-ring (bicyclic) bond motifs is 3. The van der Waals surface area contributed by atoms with E-state index in [0.717, 1.165) is 11.3 Å². The van der Waals surface area contributed by atoms with Gasteiger partial charge in [-0.25, -0.2) is 13.4 Å². The van der Waals surface area contributed by atoms with Crippen LogP contribution in [-0.2, 0) is 10.0 Å². The van der Waals surface area contributed by atoms with Crippen molar-refractivity contribution in [2.24, 2.45) is 5.92 Å². The Morgan fingerprint density at radius 3 is 2.83 bits per heavy atom. The molecule has 1 N–H and O–H groups in total. The van der Waals surface area contributed by atoms with Crippen LogP contribution in [0, 0.1) is 5.92 Å². The van der Waals surface area contributed by atoms with Gasteiger partial charge in [0, 0.05) is 24.6 Å². The van der Waals surface area contributed by atoms with Gasteiger partial charge in [-0.05, 0) is 12.0 Å². The summed E-state index contributed by atoms with van der Waals surface area (Å²) < 4.78 is 26.9. The van der Waals surface area contributed by atoms with Crippen LogP contribution in [0.2, 0.25) is 0 Å². The Morgan fingerprint density at radius 2 is 2.09 bits per heavy atom. The fourth-order valence-electron chi connectivity index (χ4n) is 3.90. The SMILES string of the molecule is CS(=O)(=O)N1CCC([C@H]2c3ccccc3-c3cncn32)C(O)C1. The van der Waals surface area contributed by atoms with E-state index in [9.17, 15) is 13.5 Å². The number of piperidine rings is 1. The summed E-state index contributed by atoms with van der Waals surface area (Å²) >= 11 is 0. The number of hydrogen-bond acceptors (Lipinski definition) is 4. The lowest BCUT2D eigenvalue weighted by molar-refractivity contribution is 0.0345. The summed E-state index contributed by atoms with van der Waals surface area (Å²) in [5.41, 5.74) is 3.39. The van der Waals surface area contributed by atoms with Gasteiger partial charge in [0.05, 0.1) is 36.6 Å². The molecule has 1 aromatic heterocycles. The Balaban J connectivity index is 1.70. The van der Waals surface area contributed by atoms with Crippen LogP contribution in [0.1, 0.15) is 18.0 Å². The molecule has 23 heavy (non-hydrogen) atoms. The van der Waals surface area contributed by atoms with E-state index in [-0.39, 0.29) is 18.5 Å². The molecule has 6 nitrogen and oxygen atoms in total. The summed E-state index contributed by atoms with van der Waals surface area (Å²) in [5.74, 6) is -0.0235. The molecule has 122 valence electrons. The van der Waals surface area contributed by atoms with Crippen LogP contribution in [0.15, 0.2) is 36.8 Å². The number of aliphatic hydroxyl groups excluding tert-OH is 1. The smallest absolute Gasteiger partial charge is 0.211 e. The lowest BCUT2D eigenvalue weighted by Crippen LogP contribution is -2.48. The van der Waals surface area contributed by atoms with Gasteiger partial charge in [0.25, 0.3) is 0 Å². The van der Waals surface area contributed by atoms with Crippen molar-refractivity contribution < 1.29 is 13.5 Å². The van der Waals surface area contributed by atoms with Gasteiger partial charge in [0.2, 0.25) is 10.0 Å². The third-order valence-electron chi connectivity index (χ3n) is 4.99. The Bertz CT molecular complexity index is 846. The first-order valence-electron chi connectivity index (χ1n) is 7.71. The number of aromatic nitrogens is 2. The number of imidazole rings is 1. The van der Waals surface area contributed by atoms with Crippen LogP contribution < -0.4 is 0 Å². The third kappa shape index (κ3) is 2.31. The number of nitrogens with zero attached hydrogens (tertiary/aromatic N) is 3. The molecule has 1 saturated heterocycles. The lowest BCUT2D eigenvalue weighted by Gasteiger charge is -2.38. The van der Waals surface area contributed by atoms with Gasteiger partial charge in [0.15, 0.2) is 0 Å². The fraction of sp³-hybridized carbons (Fsp3) is 0.438. The van der Waals surface area contributed by atoms with Crippen molar-refractivity contribution >= 4 is 10.0 Å². The van der Waals surface area contributed by atoms with Gasteiger partial charge in [0.1, 0.15) is 0 Å². The van der Waals surface area contributed by atoms with E-state index in [1.165, 1.54) is 16.1 Å². The molecule has 3 heterocycles. The number of hydrogen-bond donors (Lipinski definition) is 1. The zero-order chi connectivity index (χ0) is 16.2. The van der Waals surface area contributed by atoms with Crippen LogP contribution in [0.3, 0.4) is 0 Å². The van der Waals surface area contributed by atoms with E-state index in [1.807, 2.05) is 18.3 Å². The van der Waals surface area contributed by atoms with Crippen molar-refractivity contribution in [3.05, 3.63) is 42.4 Å². The van der Waals surface area contributed by atoms with Crippen molar-refractivity contribution in [3.8, 4) is 11.3 Å². The molecule has 0 amide bonds. The molecule has 2 aliphatic rings. The average molecular weight is 333 g/mol. The minimum Gasteiger partial charge on any atom is -0.391 e. The van der Waals surface area contributed by atoms with E-state index in [0.29, 0.717) is 13.0 Å². The van der Waals surface area contributed by atoms with Gasteiger partial charge in [-0.1, -0.05) is 24.3 Å². The van der Waals surface area contributed by atoms with Gasteiger partial charge in [-0.2, -0.15) is 4.31 Å².